The fourth-order valence-corrected chi connectivity index (χ4v) is 4.47. The largest absolute Gasteiger partial charge is 0.497 e. The van der Waals surface area contributed by atoms with Gasteiger partial charge in [0.15, 0.2) is 4.80 Å². The molecular weight excluding hydrogens is 388 g/mol. The third-order valence-electron chi connectivity index (χ3n) is 4.79. The van der Waals surface area contributed by atoms with Crippen LogP contribution in [0, 0.1) is 20.8 Å². The molecule has 6 nitrogen and oxygen atoms in total. The molecule has 0 saturated carbocycles. The van der Waals surface area contributed by atoms with Gasteiger partial charge in [0, 0.05) is 0 Å². The Morgan fingerprint density at radius 1 is 1.07 bits per heavy atom. The maximum absolute atomic E-state index is 12.8. The molecule has 152 valence electrons. The molecule has 0 N–H and O–H groups in total. The van der Waals surface area contributed by atoms with Crippen LogP contribution < -0.4 is 9.54 Å². The Balaban J connectivity index is 2.05. The van der Waals surface area contributed by atoms with E-state index in [1.165, 1.54) is 24.0 Å². The van der Waals surface area contributed by atoms with Crippen molar-refractivity contribution >= 4 is 33.4 Å². The van der Waals surface area contributed by atoms with Crippen molar-refractivity contribution in [2.45, 2.75) is 33.7 Å². The first kappa shape index (κ1) is 20.8. The van der Waals surface area contributed by atoms with Crippen LogP contribution in [-0.2, 0) is 27.3 Å². The molecule has 0 radical (unpaired) electrons. The number of rotatable bonds is 5. The zero-order valence-corrected chi connectivity index (χ0v) is 18.1. The van der Waals surface area contributed by atoms with E-state index in [4.69, 9.17) is 9.47 Å². The summed E-state index contributed by atoms with van der Waals surface area (Å²) >= 11 is 1.34. The summed E-state index contributed by atoms with van der Waals surface area (Å²) in [6.45, 7) is 6.03. The van der Waals surface area contributed by atoms with Gasteiger partial charge in [-0.1, -0.05) is 29.0 Å². The van der Waals surface area contributed by atoms with E-state index in [0.29, 0.717) is 10.6 Å². The van der Waals surface area contributed by atoms with Gasteiger partial charge < -0.3 is 14.0 Å². The van der Waals surface area contributed by atoms with Crippen molar-refractivity contribution in [3.05, 3.63) is 57.4 Å². The van der Waals surface area contributed by atoms with Crippen molar-refractivity contribution in [1.82, 2.24) is 4.57 Å². The molecule has 0 bridgehead atoms. The number of aryl methyl sites for hydroxylation is 3. The third-order valence-corrected chi connectivity index (χ3v) is 5.83. The number of methoxy groups -OCH3 is 2. The number of aromatic nitrogens is 1. The SMILES string of the molecule is COC(=O)Cn1c(=NC(=O)Cc2c(C)cc(C)cc2C)sc2cc(OC)ccc21. The maximum Gasteiger partial charge on any atom is 0.325 e. The van der Waals surface area contributed by atoms with E-state index >= 15 is 0 Å². The quantitative estimate of drug-likeness (QED) is 0.602. The van der Waals surface area contributed by atoms with Gasteiger partial charge >= 0.3 is 5.97 Å². The summed E-state index contributed by atoms with van der Waals surface area (Å²) in [5, 5.41) is 0. The number of hydrogen-bond acceptors (Lipinski definition) is 5. The van der Waals surface area contributed by atoms with Crippen molar-refractivity contribution in [2.24, 2.45) is 4.99 Å². The minimum Gasteiger partial charge on any atom is -0.497 e. The van der Waals surface area contributed by atoms with Gasteiger partial charge in [-0.15, -0.1) is 0 Å². The predicted octanol–water partition coefficient (Wildman–Crippen LogP) is 3.48. The summed E-state index contributed by atoms with van der Waals surface area (Å²) in [5.41, 5.74) is 5.12. The highest BCUT2D eigenvalue weighted by Gasteiger charge is 2.14. The van der Waals surface area contributed by atoms with Gasteiger partial charge in [-0.25, -0.2) is 0 Å². The van der Waals surface area contributed by atoms with Crippen molar-refractivity contribution < 1.29 is 19.1 Å². The van der Waals surface area contributed by atoms with E-state index in [1.807, 2.05) is 39.0 Å². The monoisotopic (exact) mass is 412 g/mol. The van der Waals surface area contributed by atoms with Gasteiger partial charge in [-0.05, 0) is 55.7 Å². The average Bonchev–Trinajstić information content (AvgIpc) is 3.00. The van der Waals surface area contributed by atoms with E-state index in [0.717, 1.165) is 26.9 Å². The van der Waals surface area contributed by atoms with Gasteiger partial charge in [0.05, 0.1) is 30.9 Å². The number of esters is 1. The minimum atomic E-state index is -0.403. The fourth-order valence-electron chi connectivity index (χ4n) is 3.40. The van der Waals surface area contributed by atoms with Crippen LogP contribution >= 0.6 is 11.3 Å². The summed E-state index contributed by atoms with van der Waals surface area (Å²) < 4.78 is 12.7. The van der Waals surface area contributed by atoms with Crippen LogP contribution in [0.15, 0.2) is 35.3 Å². The first-order chi connectivity index (χ1) is 13.8. The normalized spacial score (nSPS) is 11.7. The predicted molar refractivity (Wildman–Crippen MR) is 113 cm³/mol. The standard InChI is InChI=1S/C22H24N2O4S/c1-13-8-14(2)17(15(3)9-13)11-20(25)23-22-24(12-21(26)28-5)18-7-6-16(27-4)10-19(18)29-22/h6-10H,11-12H2,1-5H3. The smallest absolute Gasteiger partial charge is 0.325 e. The van der Waals surface area contributed by atoms with Crippen LogP contribution in [0.3, 0.4) is 0 Å². The van der Waals surface area contributed by atoms with Crippen LogP contribution in [0.5, 0.6) is 5.75 Å². The molecule has 0 aliphatic carbocycles. The first-order valence-corrected chi connectivity index (χ1v) is 10.0. The second kappa shape index (κ2) is 8.61. The molecule has 1 aromatic heterocycles. The van der Waals surface area contributed by atoms with E-state index in [1.54, 1.807) is 11.7 Å². The molecule has 7 heteroatoms. The van der Waals surface area contributed by atoms with Crippen LogP contribution in [0.1, 0.15) is 22.3 Å². The number of nitrogens with zero attached hydrogens (tertiary/aromatic N) is 2. The molecule has 3 aromatic rings. The van der Waals surface area contributed by atoms with Gasteiger partial charge in [0.1, 0.15) is 12.3 Å². The summed E-state index contributed by atoms with van der Waals surface area (Å²) in [6.07, 6.45) is 0.216. The Kier molecular flexibility index (Phi) is 6.17. The van der Waals surface area contributed by atoms with E-state index < -0.39 is 5.97 Å². The lowest BCUT2D eigenvalue weighted by atomic mass is 9.97. The first-order valence-electron chi connectivity index (χ1n) is 9.21. The second-order valence-electron chi connectivity index (χ2n) is 6.94. The Morgan fingerprint density at radius 2 is 1.76 bits per heavy atom. The van der Waals surface area contributed by atoms with Crippen LogP contribution in [0.25, 0.3) is 10.2 Å². The number of benzene rings is 2. The molecule has 1 amide bonds. The zero-order valence-electron chi connectivity index (χ0n) is 17.2. The van der Waals surface area contributed by atoms with Crippen LogP contribution in [0.2, 0.25) is 0 Å². The summed E-state index contributed by atoms with van der Waals surface area (Å²) in [4.78, 5) is 29.5. The number of carbonyl (C=O) groups is 2. The number of ether oxygens (including phenoxy) is 2. The third kappa shape index (κ3) is 4.56. The average molecular weight is 413 g/mol. The molecule has 3 rings (SSSR count). The number of fused-ring (bicyclic) bond motifs is 1. The molecular formula is C22H24N2O4S. The molecule has 1 heterocycles. The van der Waals surface area contributed by atoms with Crippen molar-refractivity contribution in [2.75, 3.05) is 14.2 Å². The summed E-state index contributed by atoms with van der Waals surface area (Å²) in [6, 6.07) is 9.67. The lowest BCUT2D eigenvalue weighted by Crippen LogP contribution is -2.22. The lowest BCUT2D eigenvalue weighted by molar-refractivity contribution is -0.141. The molecule has 0 aliphatic rings. The highest BCUT2D eigenvalue weighted by atomic mass is 32.1. The molecule has 0 aliphatic heterocycles. The number of carbonyl (C=O) groups excluding carboxylic acids is 2. The molecule has 0 unspecified atom stereocenters. The molecule has 0 fully saturated rings. The van der Waals surface area contributed by atoms with Crippen molar-refractivity contribution in [3.8, 4) is 5.75 Å². The zero-order chi connectivity index (χ0) is 21.1. The maximum atomic E-state index is 12.8. The molecule has 2 aromatic carbocycles. The Morgan fingerprint density at radius 3 is 2.38 bits per heavy atom. The molecule has 29 heavy (non-hydrogen) atoms. The lowest BCUT2D eigenvalue weighted by Gasteiger charge is -2.09. The minimum absolute atomic E-state index is 0.0163. The second-order valence-corrected chi connectivity index (χ2v) is 7.95. The molecule has 0 atom stereocenters. The van der Waals surface area contributed by atoms with Crippen molar-refractivity contribution in [1.29, 1.82) is 0 Å². The Hall–Kier alpha value is -2.93. The molecule has 0 saturated heterocycles. The summed E-state index contributed by atoms with van der Waals surface area (Å²) in [7, 11) is 2.93. The Labute approximate surface area is 173 Å². The van der Waals surface area contributed by atoms with Gasteiger partial charge in [0.25, 0.3) is 5.91 Å². The van der Waals surface area contributed by atoms with Gasteiger partial charge in [0.2, 0.25) is 0 Å². The van der Waals surface area contributed by atoms with E-state index in [2.05, 4.69) is 17.1 Å². The van der Waals surface area contributed by atoms with E-state index in [9.17, 15) is 9.59 Å². The highest BCUT2D eigenvalue weighted by molar-refractivity contribution is 7.16. The Bertz CT molecular complexity index is 1130. The van der Waals surface area contributed by atoms with Gasteiger partial charge in [-0.2, -0.15) is 4.99 Å². The molecule has 0 spiro atoms. The number of thiazole rings is 1. The van der Waals surface area contributed by atoms with Crippen LogP contribution in [0.4, 0.5) is 0 Å². The topological polar surface area (TPSA) is 69.9 Å². The van der Waals surface area contributed by atoms with Crippen molar-refractivity contribution in [3.63, 3.8) is 0 Å². The highest BCUT2D eigenvalue weighted by Crippen LogP contribution is 2.23. The van der Waals surface area contributed by atoms with E-state index in [-0.39, 0.29) is 18.9 Å². The number of amides is 1. The summed E-state index contributed by atoms with van der Waals surface area (Å²) in [5.74, 6) is 0.0459. The fraction of sp³-hybridized carbons (Fsp3) is 0.318. The number of hydrogen-bond donors (Lipinski definition) is 0. The van der Waals surface area contributed by atoms with Crippen LogP contribution in [-0.4, -0.2) is 30.7 Å². The van der Waals surface area contributed by atoms with Gasteiger partial charge in [-0.3, -0.25) is 9.59 Å².